The first-order valence-corrected chi connectivity index (χ1v) is 10.8. The predicted octanol–water partition coefficient (Wildman–Crippen LogP) is 0.685. The second kappa shape index (κ2) is 7.31. The van der Waals surface area contributed by atoms with Crippen LogP contribution in [0, 0.1) is 10.1 Å². The van der Waals surface area contributed by atoms with Crippen molar-refractivity contribution in [2.75, 3.05) is 26.2 Å². The summed E-state index contributed by atoms with van der Waals surface area (Å²) in [4.78, 5) is 13.9. The highest BCUT2D eigenvalue weighted by atomic mass is 32.2. The van der Waals surface area contributed by atoms with Crippen molar-refractivity contribution in [2.24, 2.45) is 0 Å². The summed E-state index contributed by atoms with van der Waals surface area (Å²) in [6.45, 7) is -0.0233. The molecule has 27 heavy (non-hydrogen) atoms. The molecule has 0 bridgehead atoms. The van der Waals surface area contributed by atoms with Crippen molar-refractivity contribution in [2.45, 2.75) is 9.79 Å². The smallest absolute Gasteiger partial charge is 0.263 e. The number of rotatable bonds is 5. The number of nitro groups is 1. The molecule has 3 rings (SSSR count). The van der Waals surface area contributed by atoms with Gasteiger partial charge in [-0.3, -0.25) is 15.1 Å². The molecule has 0 spiro atoms. The van der Waals surface area contributed by atoms with E-state index in [0.29, 0.717) is 0 Å². The normalized spacial score (nSPS) is 16.9. The Labute approximate surface area is 156 Å². The largest absolute Gasteiger partial charge is 0.269 e. The molecule has 0 aliphatic carbocycles. The Kier molecular flexibility index (Phi) is 5.24. The molecular weight excluding hydrogens is 396 g/mol. The number of hydrogen-bond acceptors (Lipinski definition) is 7. The second-order valence-electron chi connectivity index (χ2n) is 5.75. The zero-order valence-corrected chi connectivity index (χ0v) is 15.6. The second-order valence-corrected chi connectivity index (χ2v) is 9.62. The Morgan fingerprint density at radius 3 is 1.81 bits per heavy atom. The number of aromatic nitrogens is 1. The van der Waals surface area contributed by atoms with Crippen LogP contribution in [0.15, 0.2) is 58.6 Å². The summed E-state index contributed by atoms with van der Waals surface area (Å²) in [5, 5.41) is 10.7. The van der Waals surface area contributed by atoms with E-state index in [1.807, 2.05) is 0 Å². The molecule has 1 aromatic carbocycles. The van der Waals surface area contributed by atoms with Gasteiger partial charge >= 0.3 is 0 Å². The first-order valence-electron chi connectivity index (χ1n) is 7.88. The monoisotopic (exact) mass is 412 g/mol. The van der Waals surface area contributed by atoms with E-state index in [0.717, 1.165) is 12.1 Å². The van der Waals surface area contributed by atoms with E-state index < -0.39 is 25.0 Å². The van der Waals surface area contributed by atoms with Gasteiger partial charge in [-0.05, 0) is 24.3 Å². The Balaban J connectivity index is 1.74. The van der Waals surface area contributed by atoms with Crippen molar-refractivity contribution >= 4 is 25.7 Å². The van der Waals surface area contributed by atoms with Crippen molar-refractivity contribution in [1.82, 2.24) is 13.6 Å². The average molecular weight is 412 g/mol. The SMILES string of the molecule is O=[N+]([O-])c1ccc(S(=O)(=O)N2CCN(S(=O)(=O)c3cccnc3)CC2)cc1. The molecule has 1 saturated heterocycles. The van der Waals surface area contributed by atoms with Crippen LogP contribution in [0.4, 0.5) is 5.69 Å². The molecule has 0 unspecified atom stereocenters. The minimum atomic E-state index is -3.86. The molecule has 0 amide bonds. The highest BCUT2D eigenvalue weighted by Crippen LogP contribution is 2.23. The summed E-state index contributed by atoms with van der Waals surface area (Å²) in [5.74, 6) is 0. The maximum Gasteiger partial charge on any atom is 0.269 e. The Hall–Kier alpha value is -2.41. The molecule has 0 N–H and O–H groups in total. The van der Waals surface area contributed by atoms with Crippen molar-refractivity contribution in [1.29, 1.82) is 0 Å². The molecule has 1 fully saturated rings. The van der Waals surface area contributed by atoms with Gasteiger partial charge in [0.15, 0.2) is 0 Å². The zero-order valence-electron chi connectivity index (χ0n) is 14.0. The summed E-state index contributed by atoms with van der Waals surface area (Å²) in [5.41, 5.74) is -0.207. The average Bonchev–Trinajstić information content (AvgIpc) is 2.69. The van der Waals surface area contributed by atoms with Crippen LogP contribution in [0.1, 0.15) is 0 Å². The van der Waals surface area contributed by atoms with E-state index in [4.69, 9.17) is 0 Å². The molecule has 1 aromatic heterocycles. The first-order chi connectivity index (χ1) is 12.7. The van der Waals surface area contributed by atoms with Gasteiger partial charge in [0.05, 0.1) is 9.82 Å². The summed E-state index contributed by atoms with van der Waals surface area (Å²) in [7, 11) is -7.60. The van der Waals surface area contributed by atoms with Gasteiger partial charge in [0.2, 0.25) is 20.0 Å². The van der Waals surface area contributed by atoms with E-state index in [1.54, 1.807) is 0 Å². The molecule has 144 valence electrons. The van der Waals surface area contributed by atoms with Crippen LogP contribution in [0.5, 0.6) is 0 Å². The van der Waals surface area contributed by atoms with Gasteiger partial charge in [0, 0.05) is 50.7 Å². The predicted molar refractivity (Wildman–Crippen MR) is 94.9 cm³/mol. The third-order valence-electron chi connectivity index (χ3n) is 4.16. The van der Waals surface area contributed by atoms with E-state index in [2.05, 4.69) is 4.98 Å². The third-order valence-corrected chi connectivity index (χ3v) is 7.95. The van der Waals surface area contributed by atoms with Gasteiger partial charge in [-0.2, -0.15) is 8.61 Å². The lowest BCUT2D eigenvalue weighted by Crippen LogP contribution is -2.50. The number of hydrogen-bond donors (Lipinski definition) is 0. The fourth-order valence-electron chi connectivity index (χ4n) is 2.69. The lowest BCUT2D eigenvalue weighted by atomic mass is 10.3. The van der Waals surface area contributed by atoms with Crippen molar-refractivity contribution in [3.05, 3.63) is 58.9 Å². The molecule has 2 aromatic rings. The number of sulfonamides is 2. The highest BCUT2D eigenvalue weighted by molar-refractivity contribution is 7.89. The number of nitro benzene ring substituents is 1. The molecule has 12 heteroatoms. The molecule has 2 heterocycles. The quantitative estimate of drug-likeness (QED) is 0.521. The zero-order chi connectivity index (χ0) is 19.7. The number of non-ortho nitro benzene ring substituents is 1. The van der Waals surface area contributed by atoms with Gasteiger partial charge < -0.3 is 0 Å². The molecule has 1 aliphatic heterocycles. The van der Waals surface area contributed by atoms with Crippen molar-refractivity contribution in [3.63, 3.8) is 0 Å². The Morgan fingerprint density at radius 2 is 1.37 bits per heavy atom. The Bertz CT molecular complexity index is 1030. The summed E-state index contributed by atoms with van der Waals surface area (Å²) >= 11 is 0. The number of benzene rings is 1. The number of piperazine rings is 1. The van der Waals surface area contributed by atoms with E-state index in [1.165, 1.54) is 45.3 Å². The summed E-state index contributed by atoms with van der Waals surface area (Å²) < 4.78 is 52.9. The molecule has 0 atom stereocenters. The van der Waals surface area contributed by atoms with Gasteiger partial charge in [0.25, 0.3) is 5.69 Å². The Morgan fingerprint density at radius 1 is 0.852 bits per heavy atom. The molecule has 0 radical (unpaired) electrons. The maximum absolute atomic E-state index is 12.7. The first kappa shape index (κ1) is 19.4. The lowest BCUT2D eigenvalue weighted by Gasteiger charge is -2.33. The highest BCUT2D eigenvalue weighted by Gasteiger charge is 2.33. The maximum atomic E-state index is 12.7. The molecule has 1 aliphatic rings. The van der Waals surface area contributed by atoms with Crippen LogP contribution >= 0.6 is 0 Å². The minimum absolute atomic E-state index is 0.00341. The summed E-state index contributed by atoms with van der Waals surface area (Å²) in [6.07, 6.45) is 2.71. The number of pyridine rings is 1. The van der Waals surface area contributed by atoms with Gasteiger partial charge in [0.1, 0.15) is 4.90 Å². The third kappa shape index (κ3) is 3.83. The minimum Gasteiger partial charge on any atom is -0.263 e. The fourth-order valence-corrected chi connectivity index (χ4v) is 5.50. The standard InChI is InChI=1S/C15H16N4O6S2/c20-19(21)13-3-5-14(6-4-13)26(22,23)17-8-10-18(11-9-17)27(24,25)15-2-1-7-16-12-15/h1-7,12H,8-11H2. The van der Waals surface area contributed by atoms with E-state index in [9.17, 15) is 26.9 Å². The molecular formula is C15H16N4O6S2. The van der Waals surface area contributed by atoms with E-state index in [-0.39, 0.29) is 41.7 Å². The van der Waals surface area contributed by atoms with Crippen molar-refractivity contribution < 1.29 is 21.8 Å². The van der Waals surface area contributed by atoms with Crippen LogP contribution in [-0.4, -0.2) is 61.5 Å². The van der Waals surface area contributed by atoms with E-state index >= 15 is 0 Å². The van der Waals surface area contributed by atoms with Gasteiger partial charge in [-0.1, -0.05) is 0 Å². The van der Waals surface area contributed by atoms with Crippen LogP contribution in [0.25, 0.3) is 0 Å². The fraction of sp³-hybridized carbons (Fsp3) is 0.267. The van der Waals surface area contributed by atoms with Crippen LogP contribution < -0.4 is 0 Å². The number of nitrogens with zero attached hydrogens (tertiary/aromatic N) is 4. The van der Waals surface area contributed by atoms with Gasteiger partial charge in [-0.25, -0.2) is 16.8 Å². The van der Waals surface area contributed by atoms with Crippen LogP contribution in [-0.2, 0) is 20.0 Å². The van der Waals surface area contributed by atoms with Crippen LogP contribution in [0.2, 0.25) is 0 Å². The van der Waals surface area contributed by atoms with Crippen molar-refractivity contribution in [3.8, 4) is 0 Å². The van der Waals surface area contributed by atoms with Crippen LogP contribution in [0.3, 0.4) is 0 Å². The topological polar surface area (TPSA) is 131 Å². The molecule has 0 saturated carbocycles. The van der Waals surface area contributed by atoms with Gasteiger partial charge in [-0.15, -0.1) is 0 Å². The lowest BCUT2D eigenvalue weighted by molar-refractivity contribution is -0.384. The molecule has 10 nitrogen and oxygen atoms in total. The summed E-state index contributed by atoms with van der Waals surface area (Å²) in [6, 6.07) is 7.54.